The molecule has 1 saturated carbocycles. The van der Waals surface area contributed by atoms with E-state index in [-0.39, 0.29) is 13.2 Å². The SMILES string of the molecule is OCCOc1ccc(CN2CCN(C3CCCC3)C(CCO)C2)cc1. The van der Waals surface area contributed by atoms with Gasteiger partial charge in [0.1, 0.15) is 12.4 Å². The van der Waals surface area contributed by atoms with Crippen molar-refractivity contribution in [3.8, 4) is 5.75 Å². The van der Waals surface area contributed by atoms with Gasteiger partial charge in [0.05, 0.1) is 6.61 Å². The van der Waals surface area contributed by atoms with E-state index >= 15 is 0 Å². The number of rotatable bonds is 8. The van der Waals surface area contributed by atoms with Gasteiger partial charge in [-0.25, -0.2) is 0 Å². The van der Waals surface area contributed by atoms with Crippen LogP contribution in [-0.2, 0) is 6.54 Å². The zero-order valence-electron chi connectivity index (χ0n) is 15.1. The monoisotopic (exact) mass is 348 g/mol. The van der Waals surface area contributed by atoms with E-state index < -0.39 is 0 Å². The Balaban J connectivity index is 1.54. The molecule has 2 aliphatic rings. The summed E-state index contributed by atoms with van der Waals surface area (Å²) >= 11 is 0. The van der Waals surface area contributed by atoms with Crippen LogP contribution in [0.1, 0.15) is 37.7 Å². The molecule has 1 aromatic carbocycles. The van der Waals surface area contributed by atoms with Crippen molar-refractivity contribution in [2.45, 2.75) is 50.7 Å². The minimum Gasteiger partial charge on any atom is -0.491 e. The van der Waals surface area contributed by atoms with Gasteiger partial charge in [0, 0.05) is 44.9 Å². The summed E-state index contributed by atoms with van der Waals surface area (Å²) in [6.45, 7) is 4.86. The molecule has 1 saturated heterocycles. The number of piperazine rings is 1. The van der Waals surface area contributed by atoms with E-state index in [1.807, 2.05) is 12.1 Å². The van der Waals surface area contributed by atoms with Crippen LogP contribution in [0, 0.1) is 0 Å². The molecule has 1 unspecified atom stereocenters. The van der Waals surface area contributed by atoms with Gasteiger partial charge in [-0.2, -0.15) is 0 Å². The van der Waals surface area contributed by atoms with Gasteiger partial charge in [-0.15, -0.1) is 0 Å². The molecular weight excluding hydrogens is 316 g/mol. The van der Waals surface area contributed by atoms with Gasteiger partial charge >= 0.3 is 0 Å². The highest BCUT2D eigenvalue weighted by Gasteiger charge is 2.32. The van der Waals surface area contributed by atoms with E-state index in [4.69, 9.17) is 9.84 Å². The molecule has 0 bridgehead atoms. The second-order valence-electron chi connectivity index (χ2n) is 7.29. The van der Waals surface area contributed by atoms with Crippen LogP contribution in [0.5, 0.6) is 5.75 Å². The summed E-state index contributed by atoms with van der Waals surface area (Å²) in [6.07, 6.45) is 6.26. The van der Waals surface area contributed by atoms with Crippen molar-refractivity contribution in [1.29, 1.82) is 0 Å². The van der Waals surface area contributed by atoms with Gasteiger partial charge in [-0.05, 0) is 37.0 Å². The Labute approximate surface area is 151 Å². The number of aliphatic hydroxyl groups excluding tert-OH is 2. The first-order chi connectivity index (χ1) is 12.3. The topological polar surface area (TPSA) is 56.2 Å². The van der Waals surface area contributed by atoms with Crippen LogP contribution >= 0.6 is 0 Å². The lowest BCUT2D eigenvalue weighted by Crippen LogP contribution is -2.55. The highest BCUT2D eigenvalue weighted by Crippen LogP contribution is 2.28. The van der Waals surface area contributed by atoms with Crippen molar-refractivity contribution in [3.05, 3.63) is 29.8 Å². The van der Waals surface area contributed by atoms with Gasteiger partial charge in [-0.3, -0.25) is 9.80 Å². The Hall–Kier alpha value is -1.14. The molecule has 25 heavy (non-hydrogen) atoms. The standard InChI is InChI=1S/C20H32N2O3/c23-12-9-19-16-21(10-11-22(19)18-3-1-2-4-18)15-17-5-7-20(8-6-17)25-14-13-24/h5-8,18-19,23-24H,1-4,9-16H2. The van der Waals surface area contributed by atoms with E-state index in [1.165, 1.54) is 31.2 Å². The summed E-state index contributed by atoms with van der Waals surface area (Å²) in [7, 11) is 0. The second-order valence-corrected chi connectivity index (χ2v) is 7.29. The van der Waals surface area contributed by atoms with Gasteiger partial charge in [0.25, 0.3) is 0 Å². The van der Waals surface area contributed by atoms with Crippen molar-refractivity contribution in [1.82, 2.24) is 9.80 Å². The Kier molecular flexibility index (Phi) is 7.11. The Bertz CT molecular complexity index is 502. The molecule has 1 aromatic rings. The van der Waals surface area contributed by atoms with Crippen LogP contribution in [-0.4, -0.2) is 71.6 Å². The van der Waals surface area contributed by atoms with E-state index in [2.05, 4.69) is 21.9 Å². The smallest absolute Gasteiger partial charge is 0.119 e. The highest BCUT2D eigenvalue weighted by atomic mass is 16.5. The lowest BCUT2D eigenvalue weighted by atomic mass is 10.0. The number of hydrogen-bond donors (Lipinski definition) is 2. The van der Waals surface area contributed by atoms with Crippen LogP contribution in [0.4, 0.5) is 0 Å². The fraction of sp³-hybridized carbons (Fsp3) is 0.700. The molecule has 5 nitrogen and oxygen atoms in total. The minimum atomic E-state index is 0.0409. The summed E-state index contributed by atoms with van der Waals surface area (Å²) in [4.78, 5) is 5.18. The van der Waals surface area contributed by atoms with Crippen LogP contribution in [0.2, 0.25) is 0 Å². The molecule has 0 amide bonds. The normalized spacial score (nSPS) is 23.2. The molecule has 2 fully saturated rings. The lowest BCUT2D eigenvalue weighted by Gasteiger charge is -2.44. The molecular formula is C20H32N2O3. The number of ether oxygens (including phenoxy) is 1. The zero-order chi connectivity index (χ0) is 17.5. The third kappa shape index (κ3) is 5.17. The van der Waals surface area contributed by atoms with Crippen molar-refractivity contribution in [3.63, 3.8) is 0 Å². The van der Waals surface area contributed by atoms with E-state index in [0.717, 1.165) is 44.4 Å². The van der Waals surface area contributed by atoms with Crippen LogP contribution in [0.25, 0.3) is 0 Å². The lowest BCUT2D eigenvalue weighted by molar-refractivity contribution is 0.0267. The Morgan fingerprint density at radius 1 is 1.00 bits per heavy atom. The van der Waals surface area contributed by atoms with Gasteiger partial charge in [-0.1, -0.05) is 25.0 Å². The van der Waals surface area contributed by atoms with Crippen molar-refractivity contribution >= 4 is 0 Å². The molecule has 140 valence electrons. The van der Waals surface area contributed by atoms with Crippen LogP contribution in [0.3, 0.4) is 0 Å². The van der Waals surface area contributed by atoms with E-state index in [9.17, 15) is 5.11 Å². The number of nitrogens with zero attached hydrogens (tertiary/aromatic N) is 2. The molecule has 0 radical (unpaired) electrons. The highest BCUT2D eigenvalue weighted by molar-refractivity contribution is 5.27. The number of benzene rings is 1. The predicted molar refractivity (Wildman–Crippen MR) is 98.8 cm³/mol. The van der Waals surface area contributed by atoms with Crippen LogP contribution in [0.15, 0.2) is 24.3 Å². The van der Waals surface area contributed by atoms with Gasteiger partial charge < -0.3 is 14.9 Å². The van der Waals surface area contributed by atoms with Gasteiger partial charge in [0.15, 0.2) is 0 Å². The first-order valence-electron chi connectivity index (χ1n) is 9.71. The van der Waals surface area contributed by atoms with Crippen LogP contribution < -0.4 is 4.74 Å². The average Bonchev–Trinajstić information content (AvgIpc) is 3.16. The van der Waals surface area contributed by atoms with E-state index in [1.54, 1.807) is 0 Å². The molecule has 3 rings (SSSR count). The fourth-order valence-corrected chi connectivity index (χ4v) is 4.31. The Morgan fingerprint density at radius 3 is 2.44 bits per heavy atom. The summed E-state index contributed by atoms with van der Waals surface area (Å²) in [5.74, 6) is 0.807. The number of aliphatic hydroxyl groups is 2. The summed E-state index contributed by atoms with van der Waals surface area (Å²) in [6, 6.07) is 9.39. The third-order valence-electron chi connectivity index (χ3n) is 5.56. The average molecular weight is 348 g/mol. The maximum atomic E-state index is 9.48. The predicted octanol–water partition coefficient (Wildman–Crippen LogP) is 1.87. The molecule has 0 aromatic heterocycles. The second kappa shape index (κ2) is 9.53. The summed E-state index contributed by atoms with van der Waals surface area (Å²) in [5, 5.41) is 18.3. The quantitative estimate of drug-likeness (QED) is 0.751. The molecule has 1 aliphatic carbocycles. The molecule has 1 aliphatic heterocycles. The van der Waals surface area contributed by atoms with E-state index in [0.29, 0.717) is 12.6 Å². The number of hydrogen-bond acceptors (Lipinski definition) is 5. The fourth-order valence-electron chi connectivity index (χ4n) is 4.31. The maximum Gasteiger partial charge on any atom is 0.119 e. The van der Waals surface area contributed by atoms with Crippen molar-refractivity contribution in [2.24, 2.45) is 0 Å². The van der Waals surface area contributed by atoms with Crippen molar-refractivity contribution < 1.29 is 14.9 Å². The Morgan fingerprint density at radius 2 is 1.76 bits per heavy atom. The molecule has 2 N–H and O–H groups in total. The van der Waals surface area contributed by atoms with Crippen molar-refractivity contribution in [2.75, 3.05) is 39.5 Å². The first kappa shape index (κ1) is 18.6. The van der Waals surface area contributed by atoms with Gasteiger partial charge in [0.2, 0.25) is 0 Å². The molecule has 0 spiro atoms. The third-order valence-corrected chi connectivity index (χ3v) is 5.56. The molecule has 1 heterocycles. The largest absolute Gasteiger partial charge is 0.491 e. The summed E-state index contributed by atoms with van der Waals surface area (Å²) < 4.78 is 5.42. The minimum absolute atomic E-state index is 0.0409. The summed E-state index contributed by atoms with van der Waals surface area (Å²) in [5.41, 5.74) is 1.29. The zero-order valence-corrected chi connectivity index (χ0v) is 15.1. The maximum absolute atomic E-state index is 9.48. The first-order valence-corrected chi connectivity index (χ1v) is 9.71. The molecule has 1 atom stereocenters. The molecule has 5 heteroatoms.